The molecule has 1 N–H and O–H groups in total. The Morgan fingerprint density at radius 1 is 1.30 bits per heavy atom. The Morgan fingerprint density at radius 2 is 2.04 bits per heavy atom. The van der Waals surface area contributed by atoms with Crippen molar-refractivity contribution in [2.75, 3.05) is 26.7 Å². The van der Waals surface area contributed by atoms with E-state index in [0.29, 0.717) is 11.7 Å². The van der Waals surface area contributed by atoms with Crippen molar-refractivity contribution >= 4 is 29.3 Å². The maximum Gasteiger partial charge on any atom is 0.289 e. The molecule has 2 aromatic rings. The van der Waals surface area contributed by atoms with Crippen LogP contribution in [0.5, 0.6) is 0 Å². The first kappa shape index (κ1) is 17.8. The summed E-state index contributed by atoms with van der Waals surface area (Å²) in [6.07, 6.45) is 2.25. The highest BCUT2D eigenvalue weighted by molar-refractivity contribution is 5.96. The molecule has 1 amide bonds. The summed E-state index contributed by atoms with van der Waals surface area (Å²) < 4.78 is 5.81. The Bertz CT molecular complexity index is 655. The number of halogens is 1. The minimum Gasteiger partial charge on any atom is -0.451 e. The normalized spacial score (nSPS) is 18.0. The van der Waals surface area contributed by atoms with Crippen molar-refractivity contribution in [3.05, 3.63) is 35.1 Å². The Morgan fingerprint density at radius 3 is 2.78 bits per heavy atom. The van der Waals surface area contributed by atoms with Gasteiger partial charge in [-0.25, -0.2) is 0 Å². The SMILES string of the molecule is CNCC1CCCN(C(=O)c2cc3cc(C)c(C)cc3o2)C1.Cl. The number of carbonyl (C=O) groups is 1. The summed E-state index contributed by atoms with van der Waals surface area (Å²) in [7, 11) is 1.96. The number of benzene rings is 1. The molecule has 0 aliphatic carbocycles. The molecule has 126 valence electrons. The standard InChI is InChI=1S/C18H24N2O2.ClH/c1-12-7-15-9-17(22-16(15)8-13(12)2)18(21)20-6-4-5-14(11-20)10-19-3;/h7-9,14,19H,4-6,10-11H2,1-3H3;1H. The molecule has 0 spiro atoms. The summed E-state index contributed by atoms with van der Waals surface area (Å²) in [5, 5.41) is 4.22. The fraction of sp³-hybridized carbons (Fsp3) is 0.500. The van der Waals surface area contributed by atoms with Crippen LogP contribution >= 0.6 is 12.4 Å². The first-order valence-electron chi connectivity index (χ1n) is 8.03. The number of hydrogen-bond acceptors (Lipinski definition) is 3. The van der Waals surface area contributed by atoms with E-state index in [1.165, 1.54) is 17.5 Å². The third kappa shape index (κ3) is 3.70. The van der Waals surface area contributed by atoms with E-state index in [0.717, 1.165) is 37.0 Å². The number of piperidine rings is 1. The molecule has 1 aliphatic heterocycles. The molecule has 1 aromatic heterocycles. The number of aryl methyl sites for hydroxylation is 2. The van der Waals surface area contributed by atoms with Crippen molar-refractivity contribution in [1.29, 1.82) is 0 Å². The Balaban J connectivity index is 0.00000192. The molecular weight excluding hydrogens is 312 g/mol. The number of fused-ring (bicyclic) bond motifs is 1. The van der Waals surface area contributed by atoms with Crippen LogP contribution in [0.4, 0.5) is 0 Å². The molecule has 1 saturated heterocycles. The molecule has 1 aliphatic rings. The van der Waals surface area contributed by atoms with Crippen LogP contribution in [-0.4, -0.2) is 37.5 Å². The van der Waals surface area contributed by atoms with Gasteiger partial charge in [-0.3, -0.25) is 4.79 Å². The van der Waals surface area contributed by atoms with Gasteiger partial charge in [-0.2, -0.15) is 0 Å². The average molecular weight is 337 g/mol. The van der Waals surface area contributed by atoms with E-state index in [1.807, 2.05) is 24.1 Å². The van der Waals surface area contributed by atoms with Crippen LogP contribution in [0.2, 0.25) is 0 Å². The average Bonchev–Trinajstić information content (AvgIpc) is 2.90. The Hall–Kier alpha value is -1.52. The quantitative estimate of drug-likeness (QED) is 0.932. The van der Waals surface area contributed by atoms with Crippen molar-refractivity contribution in [3.63, 3.8) is 0 Å². The second-order valence-electron chi connectivity index (χ2n) is 6.40. The van der Waals surface area contributed by atoms with Gasteiger partial charge >= 0.3 is 0 Å². The van der Waals surface area contributed by atoms with Crippen molar-refractivity contribution in [1.82, 2.24) is 10.2 Å². The molecular formula is C18H25ClN2O2. The lowest BCUT2D eigenvalue weighted by atomic mass is 9.98. The molecule has 23 heavy (non-hydrogen) atoms. The van der Waals surface area contributed by atoms with Crippen molar-refractivity contribution in [3.8, 4) is 0 Å². The highest BCUT2D eigenvalue weighted by Crippen LogP contribution is 2.25. The van der Waals surface area contributed by atoms with Gasteiger partial charge in [0, 0.05) is 18.5 Å². The van der Waals surface area contributed by atoms with Crippen LogP contribution in [0.1, 0.15) is 34.5 Å². The van der Waals surface area contributed by atoms with Gasteiger partial charge in [0.1, 0.15) is 5.58 Å². The fourth-order valence-electron chi connectivity index (χ4n) is 3.27. The summed E-state index contributed by atoms with van der Waals surface area (Å²) in [6.45, 7) is 6.74. The van der Waals surface area contributed by atoms with Crippen molar-refractivity contribution in [2.45, 2.75) is 26.7 Å². The number of furan rings is 1. The highest BCUT2D eigenvalue weighted by atomic mass is 35.5. The molecule has 3 rings (SSSR count). The molecule has 5 heteroatoms. The minimum atomic E-state index is 0. The molecule has 0 bridgehead atoms. The zero-order chi connectivity index (χ0) is 15.7. The van der Waals surface area contributed by atoms with Crippen molar-refractivity contribution in [2.24, 2.45) is 5.92 Å². The topological polar surface area (TPSA) is 45.5 Å². The molecule has 4 nitrogen and oxygen atoms in total. The van der Waals surface area contributed by atoms with Crippen LogP contribution in [0.25, 0.3) is 11.0 Å². The lowest BCUT2D eigenvalue weighted by molar-refractivity contribution is 0.0644. The van der Waals surface area contributed by atoms with Crippen LogP contribution in [0, 0.1) is 19.8 Å². The molecule has 1 atom stereocenters. The van der Waals surface area contributed by atoms with Gasteiger partial charge in [-0.15, -0.1) is 12.4 Å². The van der Waals surface area contributed by atoms with E-state index in [-0.39, 0.29) is 18.3 Å². The van der Waals surface area contributed by atoms with E-state index < -0.39 is 0 Å². The molecule has 2 heterocycles. The predicted molar refractivity (Wildman–Crippen MR) is 95.5 cm³/mol. The lowest BCUT2D eigenvalue weighted by Gasteiger charge is -2.32. The molecule has 1 fully saturated rings. The highest BCUT2D eigenvalue weighted by Gasteiger charge is 2.26. The number of rotatable bonds is 3. The van der Waals surface area contributed by atoms with Crippen LogP contribution in [0.15, 0.2) is 22.6 Å². The van der Waals surface area contributed by atoms with Gasteiger partial charge in [0.05, 0.1) is 0 Å². The third-order valence-corrected chi connectivity index (χ3v) is 4.64. The first-order chi connectivity index (χ1) is 10.6. The number of nitrogens with zero attached hydrogens (tertiary/aromatic N) is 1. The monoisotopic (exact) mass is 336 g/mol. The first-order valence-corrected chi connectivity index (χ1v) is 8.03. The molecule has 0 radical (unpaired) electrons. The number of likely N-dealkylation sites (tertiary alicyclic amines) is 1. The minimum absolute atomic E-state index is 0. The number of nitrogens with one attached hydrogen (secondary N) is 1. The van der Waals surface area contributed by atoms with E-state index in [9.17, 15) is 4.79 Å². The Labute approximate surface area is 143 Å². The zero-order valence-corrected chi connectivity index (χ0v) is 14.8. The largest absolute Gasteiger partial charge is 0.451 e. The van der Waals surface area contributed by atoms with E-state index in [4.69, 9.17) is 4.42 Å². The van der Waals surface area contributed by atoms with E-state index >= 15 is 0 Å². The third-order valence-electron chi connectivity index (χ3n) is 4.64. The summed E-state index contributed by atoms with van der Waals surface area (Å²) in [6, 6.07) is 5.98. The van der Waals surface area contributed by atoms with Crippen molar-refractivity contribution < 1.29 is 9.21 Å². The second-order valence-corrected chi connectivity index (χ2v) is 6.40. The van der Waals surface area contributed by atoms with Crippen LogP contribution in [0.3, 0.4) is 0 Å². The number of hydrogen-bond donors (Lipinski definition) is 1. The molecule has 1 aromatic carbocycles. The van der Waals surface area contributed by atoms with Gasteiger partial charge in [0.25, 0.3) is 5.91 Å². The number of amides is 1. The Kier molecular flexibility index (Phi) is 5.71. The summed E-state index contributed by atoms with van der Waals surface area (Å²) >= 11 is 0. The summed E-state index contributed by atoms with van der Waals surface area (Å²) in [5.41, 5.74) is 3.21. The zero-order valence-electron chi connectivity index (χ0n) is 14.0. The predicted octanol–water partition coefficient (Wildman–Crippen LogP) is 3.54. The van der Waals surface area contributed by atoms with Gasteiger partial charge in [-0.05, 0) is 75.5 Å². The maximum absolute atomic E-state index is 12.7. The summed E-state index contributed by atoms with van der Waals surface area (Å²) in [5.74, 6) is 1.02. The summed E-state index contributed by atoms with van der Waals surface area (Å²) in [4.78, 5) is 14.6. The maximum atomic E-state index is 12.7. The van der Waals surface area contributed by atoms with Gasteiger partial charge < -0.3 is 14.6 Å². The van der Waals surface area contributed by atoms with Crippen LogP contribution < -0.4 is 5.32 Å². The molecule has 1 unspecified atom stereocenters. The van der Waals surface area contributed by atoms with Gasteiger partial charge in [0.2, 0.25) is 0 Å². The van der Waals surface area contributed by atoms with Crippen LogP contribution in [-0.2, 0) is 0 Å². The van der Waals surface area contributed by atoms with Gasteiger partial charge in [-0.1, -0.05) is 0 Å². The van der Waals surface area contributed by atoms with E-state index in [2.05, 4.69) is 25.2 Å². The second kappa shape index (κ2) is 7.37. The lowest BCUT2D eigenvalue weighted by Crippen LogP contribution is -2.42. The smallest absolute Gasteiger partial charge is 0.289 e. The van der Waals surface area contributed by atoms with Gasteiger partial charge in [0.15, 0.2) is 5.76 Å². The number of carbonyl (C=O) groups excluding carboxylic acids is 1. The fourth-order valence-corrected chi connectivity index (χ4v) is 3.27. The molecule has 0 saturated carbocycles. The van der Waals surface area contributed by atoms with E-state index in [1.54, 1.807) is 0 Å².